The van der Waals surface area contributed by atoms with Crippen LogP contribution in [0.4, 0.5) is 0 Å². The fourth-order valence-electron chi connectivity index (χ4n) is 2.80. The lowest BCUT2D eigenvalue weighted by Crippen LogP contribution is -1.85. The lowest BCUT2D eigenvalue weighted by atomic mass is 10.00. The number of thiophene rings is 1. The summed E-state index contributed by atoms with van der Waals surface area (Å²) in [6.07, 6.45) is 4.06. The summed E-state index contributed by atoms with van der Waals surface area (Å²) in [5.41, 5.74) is 5.83. The fraction of sp³-hybridized carbons (Fsp3) is 0.0455. The summed E-state index contributed by atoms with van der Waals surface area (Å²) >= 11 is 3.48. The minimum Gasteiger partial charge on any atom is -0.255 e. The average Bonchev–Trinajstić information content (AvgIpc) is 3.23. The summed E-state index contributed by atoms with van der Waals surface area (Å²) in [6, 6.07) is 25.8. The Morgan fingerprint density at radius 3 is 2.16 bits per heavy atom. The molecule has 0 aliphatic rings. The molecule has 2 aromatic carbocycles. The van der Waals surface area contributed by atoms with Crippen LogP contribution in [0.2, 0.25) is 0 Å². The third-order valence-corrected chi connectivity index (χ3v) is 5.79. The molecular weight excluding hydrogens is 342 g/mol. The van der Waals surface area contributed by atoms with Gasteiger partial charge in [0, 0.05) is 16.7 Å². The molecule has 0 atom stereocenters. The number of aromatic nitrogens is 1. The molecule has 0 saturated heterocycles. The van der Waals surface area contributed by atoms with Crippen LogP contribution in [0.1, 0.15) is 0 Å². The maximum atomic E-state index is 4.63. The molecule has 0 aliphatic heterocycles. The number of rotatable bonds is 4. The summed E-state index contributed by atoms with van der Waals surface area (Å²) in [5, 5.41) is 2.08. The molecule has 0 fully saturated rings. The summed E-state index contributed by atoms with van der Waals surface area (Å²) < 4.78 is 0. The normalized spacial score (nSPS) is 10.8. The number of hydrogen-bond donors (Lipinski definition) is 0. The van der Waals surface area contributed by atoms with Gasteiger partial charge in [-0.05, 0) is 58.7 Å². The molecule has 122 valence electrons. The van der Waals surface area contributed by atoms with Gasteiger partial charge in [-0.2, -0.15) is 0 Å². The van der Waals surface area contributed by atoms with Crippen LogP contribution in [-0.2, 0) is 0 Å². The largest absolute Gasteiger partial charge is 0.255 e. The zero-order valence-electron chi connectivity index (χ0n) is 13.8. The van der Waals surface area contributed by atoms with E-state index in [9.17, 15) is 0 Å². The molecule has 4 rings (SSSR count). The second-order valence-electron chi connectivity index (χ2n) is 5.72. The highest BCUT2D eigenvalue weighted by Crippen LogP contribution is 2.29. The SMILES string of the molecule is CSc1ccc(-c2cccc(-c3ccc(-c4cccs4)nc3)c2)cc1. The van der Waals surface area contributed by atoms with Crippen LogP contribution in [0.3, 0.4) is 0 Å². The first kappa shape index (κ1) is 16.1. The van der Waals surface area contributed by atoms with Gasteiger partial charge in [-0.1, -0.05) is 42.5 Å². The Labute approximate surface area is 156 Å². The van der Waals surface area contributed by atoms with Crippen molar-refractivity contribution in [1.82, 2.24) is 4.98 Å². The van der Waals surface area contributed by atoms with Crippen molar-refractivity contribution in [3.63, 3.8) is 0 Å². The van der Waals surface area contributed by atoms with Crippen LogP contribution in [-0.4, -0.2) is 11.2 Å². The third kappa shape index (κ3) is 3.53. The van der Waals surface area contributed by atoms with E-state index >= 15 is 0 Å². The van der Waals surface area contributed by atoms with E-state index in [-0.39, 0.29) is 0 Å². The van der Waals surface area contributed by atoms with E-state index in [4.69, 9.17) is 0 Å². The Morgan fingerprint density at radius 2 is 1.52 bits per heavy atom. The smallest absolute Gasteiger partial charge is 0.0802 e. The van der Waals surface area contributed by atoms with Crippen LogP contribution in [0, 0.1) is 0 Å². The van der Waals surface area contributed by atoms with Crippen LogP contribution in [0.25, 0.3) is 32.8 Å². The Bertz CT molecular complexity index is 956. The minimum atomic E-state index is 1.03. The zero-order chi connectivity index (χ0) is 17.1. The van der Waals surface area contributed by atoms with E-state index in [0.717, 1.165) is 11.3 Å². The van der Waals surface area contributed by atoms with Crippen molar-refractivity contribution in [2.24, 2.45) is 0 Å². The molecule has 25 heavy (non-hydrogen) atoms. The van der Waals surface area contributed by atoms with E-state index in [0.29, 0.717) is 0 Å². The van der Waals surface area contributed by atoms with Crippen molar-refractivity contribution in [2.45, 2.75) is 4.90 Å². The summed E-state index contributed by atoms with van der Waals surface area (Å²) in [7, 11) is 0. The molecule has 1 nitrogen and oxygen atoms in total. The predicted molar refractivity (Wildman–Crippen MR) is 110 cm³/mol. The molecule has 0 spiro atoms. The molecule has 2 aromatic heterocycles. The second-order valence-corrected chi connectivity index (χ2v) is 7.55. The molecule has 0 radical (unpaired) electrons. The summed E-state index contributed by atoms with van der Waals surface area (Å²) in [4.78, 5) is 7.12. The molecular formula is C22H17NS2. The molecule has 0 saturated carbocycles. The summed E-state index contributed by atoms with van der Waals surface area (Å²) in [6.45, 7) is 0. The van der Waals surface area contributed by atoms with Crippen LogP contribution in [0.15, 0.2) is 89.3 Å². The van der Waals surface area contributed by atoms with Crippen molar-refractivity contribution in [1.29, 1.82) is 0 Å². The van der Waals surface area contributed by atoms with Gasteiger partial charge in [0.15, 0.2) is 0 Å². The van der Waals surface area contributed by atoms with Crippen molar-refractivity contribution < 1.29 is 0 Å². The van der Waals surface area contributed by atoms with Gasteiger partial charge >= 0.3 is 0 Å². The van der Waals surface area contributed by atoms with Gasteiger partial charge in [0.1, 0.15) is 0 Å². The first-order chi connectivity index (χ1) is 12.3. The zero-order valence-corrected chi connectivity index (χ0v) is 15.5. The Hall–Kier alpha value is -2.36. The quantitative estimate of drug-likeness (QED) is 0.369. The average molecular weight is 360 g/mol. The van der Waals surface area contributed by atoms with Crippen molar-refractivity contribution in [3.05, 3.63) is 84.4 Å². The maximum absolute atomic E-state index is 4.63. The van der Waals surface area contributed by atoms with Crippen LogP contribution >= 0.6 is 23.1 Å². The fourth-order valence-corrected chi connectivity index (χ4v) is 3.91. The van der Waals surface area contributed by atoms with Gasteiger partial charge in [-0.25, -0.2) is 0 Å². The molecule has 0 aliphatic carbocycles. The number of pyridine rings is 1. The second kappa shape index (κ2) is 7.26. The predicted octanol–water partition coefficient (Wildman–Crippen LogP) is 6.87. The Balaban J connectivity index is 1.64. The van der Waals surface area contributed by atoms with Gasteiger partial charge in [0.2, 0.25) is 0 Å². The van der Waals surface area contributed by atoms with Gasteiger partial charge < -0.3 is 0 Å². The first-order valence-electron chi connectivity index (χ1n) is 8.08. The van der Waals surface area contributed by atoms with E-state index in [1.807, 2.05) is 6.20 Å². The van der Waals surface area contributed by atoms with E-state index in [2.05, 4.69) is 89.4 Å². The highest BCUT2D eigenvalue weighted by molar-refractivity contribution is 7.98. The minimum absolute atomic E-state index is 1.03. The highest BCUT2D eigenvalue weighted by Gasteiger charge is 2.04. The summed E-state index contributed by atoms with van der Waals surface area (Å²) in [5.74, 6) is 0. The Morgan fingerprint density at radius 1 is 0.760 bits per heavy atom. The number of nitrogens with zero attached hydrogens (tertiary/aromatic N) is 1. The molecule has 2 heterocycles. The molecule has 0 bridgehead atoms. The van der Waals surface area contributed by atoms with Gasteiger partial charge in [0.25, 0.3) is 0 Å². The van der Waals surface area contributed by atoms with Gasteiger partial charge in [-0.3, -0.25) is 4.98 Å². The van der Waals surface area contributed by atoms with E-state index in [1.54, 1.807) is 23.1 Å². The third-order valence-electron chi connectivity index (χ3n) is 4.16. The number of thioether (sulfide) groups is 1. The number of hydrogen-bond acceptors (Lipinski definition) is 3. The topological polar surface area (TPSA) is 12.9 Å². The lowest BCUT2D eigenvalue weighted by Gasteiger charge is -2.07. The highest BCUT2D eigenvalue weighted by atomic mass is 32.2. The lowest BCUT2D eigenvalue weighted by molar-refractivity contribution is 1.34. The van der Waals surface area contributed by atoms with Crippen molar-refractivity contribution in [2.75, 3.05) is 6.26 Å². The molecule has 0 unspecified atom stereocenters. The van der Waals surface area contributed by atoms with Gasteiger partial charge in [0.05, 0.1) is 10.6 Å². The van der Waals surface area contributed by atoms with E-state index < -0.39 is 0 Å². The first-order valence-corrected chi connectivity index (χ1v) is 10.2. The molecule has 3 heteroatoms. The van der Waals surface area contributed by atoms with Crippen molar-refractivity contribution >= 4 is 23.1 Å². The standard InChI is InChI=1S/C22H17NS2/c1-24-20-10-7-16(8-11-20)17-4-2-5-18(14-17)19-9-12-21(23-15-19)22-6-3-13-25-22/h2-15H,1H3. The van der Waals surface area contributed by atoms with Crippen molar-refractivity contribution in [3.8, 4) is 32.8 Å². The van der Waals surface area contributed by atoms with E-state index in [1.165, 1.54) is 26.5 Å². The monoisotopic (exact) mass is 359 g/mol. The van der Waals surface area contributed by atoms with Crippen LogP contribution in [0.5, 0.6) is 0 Å². The molecule has 0 amide bonds. The molecule has 4 aromatic rings. The number of benzene rings is 2. The van der Waals surface area contributed by atoms with Crippen LogP contribution < -0.4 is 0 Å². The molecule has 0 N–H and O–H groups in total. The van der Waals surface area contributed by atoms with Gasteiger partial charge in [-0.15, -0.1) is 23.1 Å². The Kier molecular flexibility index (Phi) is 4.68. The maximum Gasteiger partial charge on any atom is 0.0802 e.